The lowest BCUT2D eigenvalue weighted by molar-refractivity contribution is -0.0461. The van der Waals surface area contributed by atoms with Crippen LogP contribution in [0.25, 0.3) is 0 Å². The summed E-state index contributed by atoms with van der Waals surface area (Å²) in [6.45, 7) is 7.06. The van der Waals surface area contributed by atoms with Crippen molar-refractivity contribution in [1.82, 2.24) is 14.7 Å². The SMILES string of the molecule is Cc1c(Br)cnn1CC1(N2CCOCC2)CCCCC1. The molecule has 1 aliphatic carbocycles. The number of rotatable bonds is 3. The zero-order valence-electron chi connectivity index (χ0n) is 12.3. The first-order valence-corrected chi connectivity index (χ1v) is 8.51. The Morgan fingerprint density at radius 3 is 2.55 bits per heavy atom. The van der Waals surface area contributed by atoms with Crippen LogP contribution in [-0.2, 0) is 11.3 Å². The fourth-order valence-electron chi connectivity index (χ4n) is 3.68. The standard InChI is InChI=1S/C15H24BrN3O/c1-13-14(16)11-17-19(13)12-15(5-3-2-4-6-15)18-7-9-20-10-8-18/h11H,2-10,12H2,1H3. The van der Waals surface area contributed by atoms with Gasteiger partial charge >= 0.3 is 0 Å². The van der Waals surface area contributed by atoms with Gasteiger partial charge in [0, 0.05) is 24.3 Å². The molecule has 2 fully saturated rings. The molecule has 0 N–H and O–H groups in total. The summed E-state index contributed by atoms with van der Waals surface area (Å²) in [6, 6.07) is 0. The molecule has 4 nitrogen and oxygen atoms in total. The molecule has 1 aliphatic heterocycles. The summed E-state index contributed by atoms with van der Waals surface area (Å²) >= 11 is 3.58. The summed E-state index contributed by atoms with van der Waals surface area (Å²) in [5, 5.41) is 4.56. The monoisotopic (exact) mass is 341 g/mol. The van der Waals surface area contributed by atoms with E-state index >= 15 is 0 Å². The molecule has 0 spiro atoms. The average Bonchev–Trinajstić information content (AvgIpc) is 2.81. The highest BCUT2D eigenvalue weighted by Gasteiger charge is 2.39. The molecular weight excluding hydrogens is 318 g/mol. The number of halogens is 1. The second-order valence-electron chi connectivity index (χ2n) is 6.12. The molecule has 20 heavy (non-hydrogen) atoms. The van der Waals surface area contributed by atoms with E-state index in [9.17, 15) is 0 Å². The lowest BCUT2D eigenvalue weighted by Gasteiger charge is -2.48. The minimum absolute atomic E-state index is 0.290. The normalized spacial score (nSPS) is 23.9. The molecule has 1 aromatic heterocycles. The fraction of sp³-hybridized carbons (Fsp3) is 0.800. The van der Waals surface area contributed by atoms with Crippen LogP contribution >= 0.6 is 15.9 Å². The van der Waals surface area contributed by atoms with Crippen molar-refractivity contribution in [1.29, 1.82) is 0 Å². The molecular formula is C15H24BrN3O. The number of hydrogen-bond donors (Lipinski definition) is 0. The zero-order valence-corrected chi connectivity index (χ0v) is 13.9. The van der Waals surface area contributed by atoms with E-state index in [0.29, 0.717) is 0 Å². The van der Waals surface area contributed by atoms with Crippen LogP contribution in [0.4, 0.5) is 0 Å². The Balaban J connectivity index is 1.83. The second-order valence-corrected chi connectivity index (χ2v) is 6.97. The Bertz CT molecular complexity index is 448. The summed E-state index contributed by atoms with van der Waals surface area (Å²) < 4.78 is 8.84. The van der Waals surface area contributed by atoms with E-state index in [1.807, 2.05) is 6.20 Å². The van der Waals surface area contributed by atoms with Gasteiger partial charge in [-0.15, -0.1) is 0 Å². The molecule has 112 valence electrons. The maximum absolute atomic E-state index is 5.54. The molecule has 3 rings (SSSR count). The van der Waals surface area contributed by atoms with Crippen molar-refractivity contribution in [2.24, 2.45) is 0 Å². The molecule has 0 radical (unpaired) electrons. The molecule has 2 heterocycles. The molecule has 0 amide bonds. The summed E-state index contributed by atoms with van der Waals surface area (Å²) in [5.41, 5.74) is 1.53. The largest absolute Gasteiger partial charge is 0.379 e. The van der Waals surface area contributed by atoms with Gasteiger partial charge in [-0.1, -0.05) is 19.3 Å². The van der Waals surface area contributed by atoms with Crippen molar-refractivity contribution < 1.29 is 4.74 Å². The maximum Gasteiger partial charge on any atom is 0.0635 e. The number of ether oxygens (including phenoxy) is 1. The second kappa shape index (κ2) is 6.16. The number of hydrogen-bond acceptors (Lipinski definition) is 3. The van der Waals surface area contributed by atoms with E-state index < -0.39 is 0 Å². The van der Waals surface area contributed by atoms with E-state index in [2.05, 4.69) is 37.5 Å². The van der Waals surface area contributed by atoms with Crippen LogP contribution in [0.2, 0.25) is 0 Å². The van der Waals surface area contributed by atoms with Crippen LogP contribution in [0, 0.1) is 6.92 Å². The molecule has 0 aromatic carbocycles. The molecule has 5 heteroatoms. The van der Waals surface area contributed by atoms with Crippen LogP contribution in [0.1, 0.15) is 37.8 Å². The lowest BCUT2D eigenvalue weighted by Crippen LogP contribution is -2.56. The van der Waals surface area contributed by atoms with Crippen molar-refractivity contribution in [2.75, 3.05) is 26.3 Å². The fourth-order valence-corrected chi connectivity index (χ4v) is 3.98. The first-order chi connectivity index (χ1) is 9.71. The van der Waals surface area contributed by atoms with Gasteiger partial charge in [0.1, 0.15) is 0 Å². The van der Waals surface area contributed by atoms with Crippen LogP contribution in [0.15, 0.2) is 10.7 Å². The van der Waals surface area contributed by atoms with Crippen LogP contribution in [-0.4, -0.2) is 46.5 Å². The van der Waals surface area contributed by atoms with E-state index in [0.717, 1.165) is 37.3 Å². The smallest absolute Gasteiger partial charge is 0.0635 e. The van der Waals surface area contributed by atoms with Gasteiger partial charge < -0.3 is 4.74 Å². The topological polar surface area (TPSA) is 30.3 Å². The first-order valence-electron chi connectivity index (χ1n) is 7.72. The number of nitrogens with zero attached hydrogens (tertiary/aromatic N) is 3. The van der Waals surface area contributed by atoms with E-state index in [1.165, 1.54) is 37.8 Å². The summed E-state index contributed by atoms with van der Waals surface area (Å²) in [5.74, 6) is 0. The third-order valence-corrected chi connectivity index (χ3v) is 5.73. The van der Waals surface area contributed by atoms with Gasteiger partial charge in [-0.05, 0) is 35.7 Å². The summed E-state index contributed by atoms with van der Waals surface area (Å²) in [4.78, 5) is 2.67. The van der Waals surface area contributed by atoms with Crippen LogP contribution in [0.3, 0.4) is 0 Å². The Morgan fingerprint density at radius 2 is 1.95 bits per heavy atom. The van der Waals surface area contributed by atoms with Gasteiger partial charge in [-0.2, -0.15) is 5.10 Å². The molecule has 0 unspecified atom stereocenters. The predicted octanol–water partition coefficient (Wildman–Crippen LogP) is 2.99. The number of morpholine rings is 1. The Hall–Kier alpha value is -0.390. The maximum atomic E-state index is 5.54. The lowest BCUT2D eigenvalue weighted by atomic mass is 9.79. The minimum Gasteiger partial charge on any atom is -0.379 e. The average molecular weight is 342 g/mol. The Kier molecular flexibility index (Phi) is 4.48. The van der Waals surface area contributed by atoms with Crippen molar-refractivity contribution in [3.63, 3.8) is 0 Å². The highest BCUT2D eigenvalue weighted by atomic mass is 79.9. The van der Waals surface area contributed by atoms with Crippen molar-refractivity contribution in [3.8, 4) is 0 Å². The first kappa shape index (κ1) is 14.5. The van der Waals surface area contributed by atoms with Crippen LogP contribution in [0.5, 0.6) is 0 Å². The highest BCUT2D eigenvalue weighted by Crippen LogP contribution is 2.36. The Morgan fingerprint density at radius 1 is 1.25 bits per heavy atom. The Labute approximate surface area is 129 Å². The third-order valence-electron chi connectivity index (χ3n) is 4.95. The van der Waals surface area contributed by atoms with E-state index in [1.54, 1.807) is 0 Å². The van der Waals surface area contributed by atoms with Gasteiger partial charge in [-0.25, -0.2) is 0 Å². The third kappa shape index (κ3) is 2.81. The molecule has 0 bridgehead atoms. The summed E-state index contributed by atoms with van der Waals surface area (Å²) in [7, 11) is 0. The van der Waals surface area contributed by atoms with E-state index in [4.69, 9.17) is 4.74 Å². The highest BCUT2D eigenvalue weighted by molar-refractivity contribution is 9.10. The minimum atomic E-state index is 0.290. The van der Waals surface area contributed by atoms with Gasteiger partial charge in [-0.3, -0.25) is 9.58 Å². The van der Waals surface area contributed by atoms with Crippen molar-refractivity contribution >= 4 is 15.9 Å². The van der Waals surface area contributed by atoms with Gasteiger partial charge in [0.05, 0.1) is 30.4 Å². The van der Waals surface area contributed by atoms with Crippen molar-refractivity contribution in [3.05, 3.63) is 16.4 Å². The predicted molar refractivity (Wildman–Crippen MR) is 82.9 cm³/mol. The van der Waals surface area contributed by atoms with Gasteiger partial charge in [0.15, 0.2) is 0 Å². The number of aromatic nitrogens is 2. The quantitative estimate of drug-likeness (QED) is 0.846. The molecule has 1 saturated carbocycles. The van der Waals surface area contributed by atoms with Gasteiger partial charge in [0.25, 0.3) is 0 Å². The van der Waals surface area contributed by atoms with Gasteiger partial charge in [0.2, 0.25) is 0 Å². The molecule has 0 atom stereocenters. The zero-order chi connectivity index (χ0) is 14.0. The van der Waals surface area contributed by atoms with Crippen molar-refractivity contribution in [2.45, 2.75) is 51.1 Å². The molecule has 2 aliphatic rings. The molecule has 1 aromatic rings. The van der Waals surface area contributed by atoms with E-state index in [-0.39, 0.29) is 5.54 Å². The van der Waals surface area contributed by atoms with Crippen LogP contribution < -0.4 is 0 Å². The summed E-state index contributed by atoms with van der Waals surface area (Å²) in [6.07, 6.45) is 8.59. The molecule has 1 saturated heterocycles.